The van der Waals surface area contributed by atoms with E-state index in [1.807, 2.05) is 21.9 Å². The number of carbonyl (C=O) groups is 4. The van der Waals surface area contributed by atoms with Gasteiger partial charge in [0.15, 0.2) is 5.41 Å². The molecular weight excluding hydrogens is 754 g/mol. The van der Waals surface area contributed by atoms with E-state index in [1.54, 1.807) is 42.5 Å². The standard InChI is InChI=1S/C42H46ClN5O9/c1-53-40(51)33-13-17-47(33)27-8-11-30-35(24-27)57-36-25-28(48-18-14-34(48)41(52)54-2)9-12-31(36)42(30)32-23-26(7-10-29(32)37(49)38(42)46-44)39(50)45-16-20-56-22-21-55-19-6-4-3-5-15-43/h7-12,23-25,33-34H,3-6,13-22H2,1-2H3,(H,45,50)/t33-,34-/m1/s1. The van der Waals surface area contributed by atoms with Crippen molar-refractivity contribution in [1.29, 1.82) is 0 Å². The Morgan fingerprint density at radius 2 is 1.40 bits per heavy atom. The van der Waals surface area contributed by atoms with Crippen LogP contribution in [0.4, 0.5) is 11.4 Å². The van der Waals surface area contributed by atoms with Crippen molar-refractivity contribution in [1.82, 2.24) is 5.32 Å². The van der Waals surface area contributed by atoms with Gasteiger partial charge in [-0.2, -0.15) is 4.79 Å². The Kier molecular flexibility index (Phi) is 12.2. The van der Waals surface area contributed by atoms with E-state index >= 15 is 0 Å². The molecule has 1 amide bonds. The summed E-state index contributed by atoms with van der Waals surface area (Å²) in [5.74, 6) is -0.160. The summed E-state index contributed by atoms with van der Waals surface area (Å²) in [5, 5.41) is 2.90. The number of unbranched alkanes of at least 4 members (excludes halogenated alkanes) is 3. The second-order valence-electron chi connectivity index (χ2n) is 14.4. The number of anilines is 2. The molecule has 3 aromatic rings. The van der Waals surface area contributed by atoms with Gasteiger partial charge in [-0.1, -0.05) is 25.0 Å². The highest BCUT2D eigenvalue weighted by Crippen LogP contribution is 2.57. The molecule has 2 atom stereocenters. The zero-order chi connectivity index (χ0) is 40.1. The molecule has 7 rings (SSSR count). The van der Waals surface area contributed by atoms with Crippen LogP contribution in [0.1, 0.15) is 75.9 Å². The molecule has 0 saturated carbocycles. The number of Topliss-reactive ketones (excluding diaryl/α,β-unsaturated/α-hetero) is 1. The number of carbonyl (C=O) groups excluding carboxylic acids is 4. The monoisotopic (exact) mass is 799 g/mol. The van der Waals surface area contributed by atoms with Crippen LogP contribution in [-0.2, 0) is 34.0 Å². The summed E-state index contributed by atoms with van der Waals surface area (Å²) in [4.78, 5) is 60.3. The first-order valence-corrected chi connectivity index (χ1v) is 19.9. The summed E-state index contributed by atoms with van der Waals surface area (Å²) in [6, 6.07) is 14.8. The van der Waals surface area contributed by atoms with E-state index in [1.165, 1.54) is 14.2 Å². The number of esters is 2. The maximum Gasteiger partial charge on any atom is 0.358 e. The van der Waals surface area contributed by atoms with Gasteiger partial charge in [0.2, 0.25) is 0 Å². The molecule has 1 N–H and O–H groups in total. The largest absolute Gasteiger partial charge is 0.467 e. The van der Waals surface area contributed by atoms with Gasteiger partial charge < -0.3 is 44.3 Å². The Bertz CT molecular complexity index is 2020. The van der Waals surface area contributed by atoms with Gasteiger partial charge in [0, 0.05) is 77.9 Å². The van der Waals surface area contributed by atoms with Crippen LogP contribution in [0.25, 0.3) is 5.53 Å². The molecule has 4 aliphatic rings. The molecule has 0 bridgehead atoms. The minimum Gasteiger partial charge on any atom is -0.467 e. The van der Waals surface area contributed by atoms with Gasteiger partial charge in [-0.3, -0.25) is 9.59 Å². The first-order chi connectivity index (χ1) is 27.8. The number of nitrogens with zero attached hydrogens (tertiary/aromatic N) is 4. The lowest BCUT2D eigenvalue weighted by Gasteiger charge is -2.42. The van der Waals surface area contributed by atoms with Gasteiger partial charge in [-0.15, -0.1) is 11.6 Å². The molecule has 3 aromatic carbocycles. The van der Waals surface area contributed by atoms with E-state index in [2.05, 4.69) is 10.1 Å². The van der Waals surface area contributed by atoms with Crippen LogP contribution in [0.2, 0.25) is 0 Å². The van der Waals surface area contributed by atoms with Crippen LogP contribution in [-0.4, -0.2) is 112 Å². The van der Waals surface area contributed by atoms with Crippen molar-refractivity contribution >= 4 is 52.3 Å². The number of hydrogen-bond donors (Lipinski definition) is 1. The zero-order valence-corrected chi connectivity index (χ0v) is 32.8. The molecule has 3 aliphatic heterocycles. The van der Waals surface area contributed by atoms with E-state index in [0.29, 0.717) is 96.8 Å². The number of fused-ring (bicyclic) bond motifs is 6. The van der Waals surface area contributed by atoms with Crippen LogP contribution >= 0.6 is 11.6 Å². The van der Waals surface area contributed by atoms with Crippen molar-refractivity contribution in [3.63, 3.8) is 0 Å². The highest BCUT2D eigenvalue weighted by molar-refractivity contribution is 6.52. The minimum absolute atomic E-state index is 0.153. The van der Waals surface area contributed by atoms with Crippen LogP contribution in [0.15, 0.2) is 54.6 Å². The normalized spacial score (nSPS) is 18.4. The molecule has 14 nitrogen and oxygen atoms in total. The first-order valence-electron chi connectivity index (χ1n) is 19.4. The zero-order valence-electron chi connectivity index (χ0n) is 32.1. The van der Waals surface area contributed by atoms with E-state index in [9.17, 15) is 24.7 Å². The van der Waals surface area contributed by atoms with Crippen LogP contribution in [0.5, 0.6) is 11.5 Å². The van der Waals surface area contributed by atoms with Crippen molar-refractivity contribution in [3.05, 3.63) is 87.9 Å². The first kappa shape index (κ1) is 39.9. The van der Waals surface area contributed by atoms with Crippen LogP contribution in [0.3, 0.4) is 0 Å². The number of benzene rings is 3. The maximum absolute atomic E-state index is 14.2. The van der Waals surface area contributed by atoms with E-state index in [0.717, 1.165) is 25.7 Å². The van der Waals surface area contributed by atoms with Gasteiger partial charge in [0.05, 0.1) is 34.0 Å². The summed E-state index contributed by atoms with van der Waals surface area (Å²) < 4.78 is 28.0. The number of rotatable bonds is 17. The Hall–Kier alpha value is -5.27. The minimum atomic E-state index is -1.49. The van der Waals surface area contributed by atoms with Crippen LogP contribution in [0, 0.1) is 0 Å². The molecule has 1 spiro atoms. The lowest BCUT2D eigenvalue weighted by Crippen LogP contribution is -2.53. The van der Waals surface area contributed by atoms with Crippen molar-refractivity contribution in [2.75, 3.05) is 76.0 Å². The van der Waals surface area contributed by atoms with Crippen LogP contribution < -0.4 is 19.9 Å². The number of nitrogens with one attached hydrogen (secondary N) is 1. The topological polar surface area (TPSA) is 169 Å². The number of alkyl halides is 1. The molecule has 3 heterocycles. The van der Waals surface area contributed by atoms with E-state index in [4.69, 9.17) is 35.3 Å². The average Bonchev–Trinajstić information content (AvgIpc) is 3.43. The summed E-state index contributed by atoms with van der Waals surface area (Å²) in [6.07, 6.45) is 5.41. The number of amides is 1. The highest BCUT2D eigenvalue weighted by Gasteiger charge is 2.62. The van der Waals surface area contributed by atoms with Crippen molar-refractivity contribution < 1.29 is 47.7 Å². The molecule has 0 radical (unpaired) electrons. The number of ketones is 1. The Balaban J connectivity index is 1.18. The second-order valence-corrected chi connectivity index (χ2v) is 14.8. The molecular formula is C42H46ClN5O9. The summed E-state index contributed by atoms with van der Waals surface area (Å²) in [7, 11) is 2.71. The van der Waals surface area contributed by atoms with Crippen molar-refractivity contribution in [3.8, 4) is 11.5 Å². The lowest BCUT2D eigenvalue weighted by atomic mass is 9.67. The molecule has 300 valence electrons. The fraction of sp³-hybridized carbons (Fsp3) is 0.452. The second kappa shape index (κ2) is 17.5. The quantitative estimate of drug-likeness (QED) is 0.0637. The SMILES string of the molecule is COC(=O)[C@H]1CCN1c1ccc2c(c1)Oc1cc(N3CC[C@@H]3C(=O)OC)ccc1C21C(=[N+]=[N-])C(=O)c2ccc(C(=O)NCCOCCOCCCCCCCl)cc21. The Morgan fingerprint density at radius 3 is 1.95 bits per heavy atom. The molecule has 2 saturated heterocycles. The molecule has 0 unspecified atom stereocenters. The molecule has 57 heavy (non-hydrogen) atoms. The van der Waals surface area contributed by atoms with Gasteiger partial charge in [0.1, 0.15) is 23.6 Å². The summed E-state index contributed by atoms with van der Waals surface area (Å²) >= 11 is 5.72. The number of halogens is 1. The smallest absolute Gasteiger partial charge is 0.358 e. The van der Waals surface area contributed by atoms with Gasteiger partial charge in [-0.25, -0.2) is 9.59 Å². The number of ether oxygens (including phenoxy) is 5. The molecule has 2 fully saturated rings. The van der Waals surface area contributed by atoms with Crippen molar-refractivity contribution in [2.45, 2.75) is 56.0 Å². The number of hydrogen-bond acceptors (Lipinski definition) is 11. The van der Waals surface area contributed by atoms with Gasteiger partial charge in [-0.05, 0) is 61.6 Å². The fourth-order valence-electron chi connectivity index (χ4n) is 8.18. The van der Waals surface area contributed by atoms with Gasteiger partial charge >= 0.3 is 17.7 Å². The third-order valence-electron chi connectivity index (χ3n) is 11.3. The Labute approximate surface area is 335 Å². The lowest BCUT2D eigenvalue weighted by molar-refractivity contribution is -0.144. The van der Waals surface area contributed by atoms with E-state index < -0.39 is 23.3 Å². The Morgan fingerprint density at radius 1 is 0.807 bits per heavy atom. The summed E-state index contributed by atoms with van der Waals surface area (Å²) in [5.41, 5.74) is 12.5. The molecule has 15 heteroatoms. The maximum atomic E-state index is 14.2. The van der Waals surface area contributed by atoms with E-state index in [-0.39, 0.29) is 42.3 Å². The average molecular weight is 800 g/mol. The fourth-order valence-corrected chi connectivity index (χ4v) is 8.37. The third kappa shape index (κ3) is 7.38. The predicted octanol–water partition coefficient (Wildman–Crippen LogP) is 5.06. The highest BCUT2D eigenvalue weighted by atomic mass is 35.5. The third-order valence-corrected chi connectivity index (χ3v) is 11.6. The van der Waals surface area contributed by atoms with Crippen molar-refractivity contribution in [2.24, 2.45) is 0 Å². The summed E-state index contributed by atoms with van der Waals surface area (Å²) in [6.45, 7) is 3.29. The van der Waals surface area contributed by atoms with Gasteiger partial charge in [0.25, 0.3) is 11.7 Å². The number of methoxy groups -OCH3 is 2. The predicted molar refractivity (Wildman–Crippen MR) is 211 cm³/mol. The molecule has 0 aromatic heterocycles. The molecule has 1 aliphatic carbocycles.